The first kappa shape index (κ1) is 19.6. The lowest BCUT2D eigenvalue weighted by Gasteiger charge is -2.13. The van der Waals surface area contributed by atoms with Gasteiger partial charge in [-0.3, -0.25) is 4.98 Å². The molecule has 1 heterocycles. The minimum absolute atomic E-state index is 0.115. The molecular weight excluding hydrogens is 350 g/mol. The Morgan fingerprint density at radius 2 is 1.82 bits per heavy atom. The van der Waals surface area contributed by atoms with E-state index < -0.39 is 5.97 Å². The summed E-state index contributed by atoms with van der Waals surface area (Å²) in [5.41, 5.74) is 6.10. The van der Waals surface area contributed by atoms with Gasteiger partial charge in [-0.15, -0.1) is 0 Å². The molecule has 0 bridgehead atoms. The molecule has 0 unspecified atom stereocenters. The Labute approximate surface area is 165 Å². The molecule has 0 saturated heterocycles. The van der Waals surface area contributed by atoms with Crippen molar-refractivity contribution in [2.45, 2.75) is 40.2 Å². The summed E-state index contributed by atoms with van der Waals surface area (Å²) in [5.74, 6) is -0.0780. The van der Waals surface area contributed by atoms with E-state index in [9.17, 15) is 9.90 Å². The Hall–Kier alpha value is -3.14. The molecule has 0 amide bonds. The quantitative estimate of drug-likeness (QED) is 0.623. The third kappa shape index (κ3) is 4.39. The van der Waals surface area contributed by atoms with Gasteiger partial charge in [0.15, 0.2) is 0 Å². The van der Waals surface area contributed by atoms with Gasteiger partial charge in [-0.1, -0.05) is 30.3 Å². The lowest BCUT2D eigenvalue weighted by molar-refractivity contribution is 0.0695. The predicted molar refractivity (Wildman–Crippen MR) is 111 cm³/mol. The lowest BCUT2D eigenvalue weighted by atomic mass is 9.95. The zero-order valence-electron chi connectivity index (χ0n) is 16.7. The van der Waals surface area contributed by atoms with Crippen LogP contribution in [-0.4, -0.2) is 22.2 Å². The second kappa shape index (κ2) is 8.26. The number of hydrogen-bond acceptors (Lipinski definition) is 3. The number of nitrogens with zero attached hydrogens (tertiary/aromatic N) is 1. The first-order chi connectivity index (χ1) is 13.3. The summed E-state index contributed by atoms with van der Waals surface area (Å²) < 4.78 is 5.78. The first-order valence-electron chi connectivity index (χ1n) is 9.39. The number of aryl methyl sites for hydroxylation is 2. The Balaban J connectivity index is 1.91. The van der Waals surface area contributed by atoms with E-state index in [2.05, 4.69) is 11.1 Å². The average Bonchev–Trinajstić information content (AvgIpc) is 2.63. The van der Waals surface area contributed by atoms with Crippen LogP contribution in [-0.2, 0) is 6.42 Å². The number of ether oxygens (including phenoxy) is 1. The van der Waals surface area contributed by atoms with Gasteiger partial charge < -0.3 is 9.84 Å². The largest absolute Gasteiger partial charge is 0.491 e. The minimum atomic E-state index is -0.901. The molecular formula is C24H25NO3. The predicted octanol–water partition coefficient (Wildman–Crippen LogP) is 5.44. The van der Waals surface area contributed by atoms with Crippen LogP contribution >= 0.6 is 0 Å². The molecule has 0 aliphatic heterocycles. The van der Waals surface area contributed by atoms with Crippen LogP contribution in [0.3, 0.4) is 0 Å². The fourth-order valence-corrected chi connectivity index (χ4v) is 3.36. The van der Waals surface area contributed by atoms with Crippen molar-refractivity contribution in [2.24, 2.45) is 0 Å². The van der Waals surface area contributed by atoms with Crippen LogP contribution in [0.2, 0.25) is 0 Å². The standard InChI is InChI=1S/C24H25NO3/c1-15(2)28-20-9-6-8-19(13-20)23-17(4)11-18(14-25-23)12-22-16(3)7-5-10-21(22)24(26)27/h5-11,13-15H,12H2,1-4H3,(H,26,27). The Kier molecular flexibility index (Phi) is 5.78. The normalized spacial score (nSPS) is 10.9. The molecule has 0 radical (unpaired) electrons. The van der Waals surface area contributed by atoms with Crippen molar-refractivity contribution in [1.29, 1.82) is 0 Å². The van der Waals surface area contributed by atoms with Crippen molar-refractivity contribution in [3.8, 4) is 17.0 Å². The van der Waals surface area contributed by atoms with Gasteiger partial charge >= 0.3 is 5.97 Å². The molecule has 0 saturated carbocycles. The van der Waals surface area contributed by atoms with Crippen LogP contribution in [0.15, 0.2) is 54.7 Å². The number of rotatable bonds is 6. The molecule has 1 N–H and O–H groups in total. The maximum Gasteiger partial charge on any atom is 0.335 e. The van der Waals surface area contributed by atoms with Gasteiger partial charge in [0.25, 0.3) is 0 Å². The van der Waals surface area contributed by atoms with Crippen molar-refractivity contribution in [3.05, 3.63) is 82.5 Å². The highest BCUT2D eigenvalue weighted by Crippen LogP contribution is 2.27. The highest BCUT2D eigenvalue weighted by Gasteiger charge is 2.14. The van der Waals surface area contributed by atoms with Gasteiger partial charge in [-0.05, 0) is 68.1 Å². The smallest absolute Gasteiger partial charge is 0.335 e. The van der Waals surface area contributed by atoms with E-state index in [4.69, 9.17) is 4.74 Å². The highest BCUT2D eigenvalue weighted by atomic mass is 16.5. The SMILES string of the molecule is Cc1cc(Cc2c(C)cccc2C(=O)O)cnc1-c1cccc(OC(C)C)c1. The van der Waals surface area contributed by atoms with E-state index in [0.717, 1.165) is 39.3 Å². The third-order valence-electron chi connectivity index (χ3n) is 4.64. The second-order valence-corrected chi connectivity index (χ2v) is 7.29. The van der Waals surface area contributed by atoms with Gasteiger partial charge in [0, 0.05) is 18.2 Å². The Morgan fingerprint density at radius 1 is 1.07 bits per heavy atom. The second-order valence-electron chi connectivity index (χ2n) is 7.29. The molecule has 0 atom stereocenters. The molecule has 4 heteroatoms. The van der Waals surface area contributed by atoms with Gasteiger partial charge in [0.1, 0.15) is 5.75 Å². The molecule has 2 aromatic carbocycles. The van der Waals surface area contributed by atoms with Crippen LogP contribution in [0.25, 0.3) is 11.3 Å². The van der Waals surface area contributed by atoms with E-state index in [1.165, 1.54) is 0 Å². The summed E-state index contributed by atoms with van der Waals surface area (Å²) in [7, 11) is 0. The molecule has 28 heavy (non-hydrogen) atoms. The average molecular weight is 375 g/mol. The molecule has 144 valence electrons. The summed E-state index contributed by atoms with van der Waals surface area (Å²) in [5, 5.41) is 9.48. The van der Waals surface area contributed by atoms with E-state index in [1.54, 1.807) is 12.1 Å². The maximum atomic E-state index is 11.6. The van der Waals surface area contributed by atoms with Crippen LogP contribution in [0, 0.1) is 13.8 Å². The fourth-order valence-electron chi connectivity index (χ4n) is 3.36. The zero-order valence-corrected chi connectivity index (χ0v) is 16.7. The topological polar surface area (TPSA) is 59.4 Å². The van der Waals surface area contributed by atoms with Crippen molar-refractivity contribution < 1.29 is 14.6 Å². The minimum Gasteiger partial charge on any atom is -0.491 e. The van der Waals surface area contributed by atoms with Gasteiger partial charge in [0.2, 0.25) is 0 Å². The van der Waals surface area contributed by atoms with Crippen molar-refractivity contribution >= 4 is 5.97 Å². The van der Waals surface area contributed by atoms with E-state index in [0.29, 0.717) is 12.0 Å². The van der Waals surface area contributed by atoms with E-state index >= 15 is 0 Å². The van der Waals surface area contributed by atoms with Crippen molar-refractivity contribution in [3.63, 3.8) is 0 Å². The number of aromatic carboxylic acids is 1. The monoisotopic (exact) mass is 375 g/mol. The van der Waals surface area contributed by atoms with Gasteiger partial charge in [0.05, 0.1) is 17.4 Å². The number of hydrogen-bond donors (Lipinski definition) is 1. The van der Waals surface area contributed by atoms with Crippen LogP contribution in [0.5, 0.6) is 5.75 Å². The van der Waals surface area contributed by atoms with E-state index in [-0.39, 0.29) is 6.10 Å². The molecule has 3 rings (SSSR count). The number of pyridine rings is 1. The number of carboxylic acids is 1. The van der Waals surface area contributed by atoms with Crippen LogP contribution in [0.1, 0.15) is 46.5 Å². The van der Waals surface area contributed by atoms with Crippen molar-refractivity contribution in [1.82, 2.24) is 4.98 Å². The molecule has 0 aliphatic rings. The third-order valence-corrected chi connectivity index (χ3v) is 4.64. The number of carboxylic acid groups (broad SMARTS) is 1. The molecule has 1 aromatic heterocycles. The van der Waals surface area contributed by atoms with Crippen LogP contribution in [0.4, 0.5) is 0 Å². The lowest BCUT2D eigenvalue weighted by Crippen LogP contribution is -2.06. The highest BCUT2D eigenvalue weighted by molar-refractivity contribution is 5.90. The Morgan fingerprint density at radius 3 is 2.50 bits per heavy atom. The van der Waals surface area contributed by atoms with E-state index in [1.807, 2.05) is 64.2 Å². The molecule has 4 nitrogen and oxygen atoms in total. The van der Waals surface area contributed by atoms with Crippen molar-refractivity contribution in [2.75, 3.05) is 0 Å². The summed E-state index contributed by atoms with van der Waals surface area (Å²) in [6.45, 7) is 7.97. The molecule has 0 aliphatic carbocycles. The van der Waals surface area contributed by atoms with Gasteiger partial charge in [-0.2, -0.15) is 0 Å². The molecule has 0 fully saturated rings. The number of carbonyl (C=O) groups is 1. The summed E-state index contributed by atoms with van der Waals surface area (Å²) in [6.07, 6.45) is 2.49. The number of aromatic nitrogens is 1. The molecule has 0 spiro atoms. The number of benzene rings is 2. The first-order valence-corrected chi connectivity index (χ1v) is 9.39. The summed E-state index contributed by atoms with van der Waals surface area (Å²) in [6, 6.07) is 15.4. The Bertz CT molecular complexity index is 1010. The van der Waals surface area contributed by atoms with Crippen LogP contribution < -0.4 is 4.74 Å². The molecule has 3 aromatic rings. The van der Waals surface area contributed by atoms with Gasteiger partial charge in [-0.25, -0.2) is 4.79 Å². The summed E-state index contributed by atoms with van der Waals surface area (Å²) in [4.78, 5) is 16.2. The fraction of sp³-hybridized carbons (Fsp3) is 0.250. The zero-order chi connectivity index (χ0) is 20.3. The maximum absolute atomic E-state index is 11.6. The summed E-state index contributed by atoms with van der Waals surface area (Å²) >= 11 is 0.